The lowest BCUT2D eigenvalue weighted by atomic mass is 10.1. The highest BCUT2D eigenvalue weighted by Crippen LogP contribution is 2.15. The van der Waals surface area contributed by atoms with Gasteiger partial charge in [0.2, 0.25) is 11.9 Å². The number of piperidine rings is 1. The quantitative estimate of drug-likeness (QED) is 0.781. The van der Waals surface area contributed by atoms with Crippen molar-refractivity contribution in [2.45, 2.75) is 18.9 Å². The zero-order valence-corrected chi connectivity index (χ0v) is 9.67. The second kappa shape index (κ2) is 5.43. The molecule has 2 rings (SSSR count). The minimum Gasteiger partial charge on any atom is -0.348 e. The number of aromatic nitrogens is 2. The van der Waals surface area contributed by atoms with Crippen molar-refractivity contribution in [1.82, 2.24) is 15.3 Å². The van der Waals surface area contributed by atoms with Gasteiger partial charge in [-0.05, 0) is 25.0 Å². The monoisotopic (exact) mass is 232 g/mol. The molecule has 0 radical (unpaired) electrons. The third-order valence-electron chi connectivity index (χ3n) is 2.79. The molecule has 0 aromatic carbocycles. The molecule has 1 aliphatic heterocycles. The summed E-state index contributed by atoms with van der Waals surface area (Å²) in [6.07, 6.45) is 6.78. The number of hydrogen-bond donors (Lipinski definition) is 1. The maximum atomic E-state index is 11.2. The van der Waals surface area contributed by atoms with Crippen LogP contribution in [0, 0.1) is 0 Å². The molecule has 1 aromatic heterocycles. The van der Waals surface area contributed by atoms with Crippen LogP contribution in [0.4, 0.5) is 5.95 Å². The lowest BCUT2D eigenvalue weighted by Crippen LogP contribution is -2.47. The Morgan fingerprint density at radius 2 is 2.29 bits per heavy atom. The summed E-state index contributed by atoms with van der Waals surface area (Å²) in [5, 5.41) is 2.91. The van der Waals surface area contributed by atoms with Crippen LogP contribution in [0.2, 0.25) is 0 Å². The van der Waals surface area contributed by atoms with Gasteiger partial charge in [-0.1, -0.05) is 6.58 Å². The first-order valence-electron chi connectivity index (χ1n) is 5.74. The summed E-state index contributed by atoms with van der Waals surface area (Å²) in [6.45, 7) is 5.14. The molecule has 5 heteroatoms. The number of rotatable bonds is 3. The van der Waals surface area contributed by atoms with Crippen molar-refractivity contribution in [3.05, 3.63) is 31.1 Å². The molecule has 1 fully saturated rings. The molecule has 17 heavy (non-hydrogen) atoms. The molecule has 90 valence electrons. The number of nitrogens with one attached hydrogen (secondary N) is 1. The molecule has 1 aromatic rings. The molecular weight excluding hydrogens is 216 g/mol. The Morgan fingerprint density at radius 3 is 3.00 bits per heavy atom. The zero-order valence-electron chi connectivity index (χ0n) is 9.67. The number of carbonyl (C=O) groups is 1. The van der Waals surface area contributed by atoms with Crippen molar-refractivity contribution in [3.8, 4) is 0 Å². The third kappa shape index (κ3) is 3.03. The van der Waals surface area contributed by atoms with Gasteiger partial charge in [-0.2, -0.15) is 0 Å². The number of amides is 1. The van der Waals surface area contributed by atoms with E-state index in [4.69, 9.17) is 0 Å². The Balaban J connectivity index is 1.97. The normalized spacial score (nSPS) is 19.8. The second-order valence-electron chi connectivity index (χ2n) is 4.05. The number of carbonyl (C=O) groups excluding carboxylic acids is 1. The van der Waals surface area contributed by atoms with E-state index in [-0.39, 0.29) is 11.9 Å². The van der Waals surface area contributed by atoms with Crippen LogP contribution in [0.3, 0.4) is 0 Å². The lowest BCUT2D eigenvalue weighted by molar-refractivity contribution is -0.117. The van der Waals surface area contributed by atoms with E-state index in [1.54, 1.807) is 18.5 Å². The highest BCUT2D eigenvalue weighted by Gasteiger charge is 2.22. The molecule has 1 amide bonds. The van der Waals surface area contributed by atoms with Gasteiger partial charge in [0.25, 0.3) is 0 Å². The predicted molar refractivity (Wildman–Crippen MR) is 65.6 cm³/mol. The summed E-state index contributed by atoms with van der Waals surface area (Å²) < 4.78 is 0. The Labute approximate surface area is 101 Å². The fourth-order valence-corrected chi connectivity index (χ4v) is 1.99. The highest BCUT2D eigenvalue weighted by atomic mass is 16.1. The minimum absolute atomic E-state index is 0.120. The molecule has 0 aliphatic carbocycles. The molecule has 1 atom stereocenters. The summed E-state index contributed by atoms with van der Waals surface area (Å²) >= 11 is 0. The highest BCUT2D eigenvalue weighted by molar-refractivity contribution is 5.87. The van der Waals surface area contributed by atoms with E-state index in [1.165, 1.54) is 6.08 Å². The first kappa shape index (κ1) is 11.6. The van der Waals surface area contributed by atoms with Crippen molar-refractivity contribution < 1.29 is 4.79 Å². The van der Waals surface area contributed by atoms with Gasteiger partial charge in [0, 0.05) is 31.5 Å². The smallest absolute Gasteiger partial charge is 0.243 e. The second-order valence-corrected chi connectivity index (χ2v) is 4.05. The Bertz CT molecular complexity index is 393. The van der Waals surface area contributed by atoms with Gasteiger partial charge >= 0.3 is 0 Å². The summed E-state index contributed by atoms with van der Waals surface area (Å²) in [6, 6.07) is 1.95. The minimum atomic E-state index is -0.120. The van der Waals surface area contributed by atoms with Gasteiger partial charge in [0.1, 0.15) is 0 Å². The molecule has 1 saturated heterocycles. The van der Waals surface area contributed by atoms with Gasteiger partial charge in [0.15, 0.2) is 0 Å². The SMILES string of the molecule is C=CC(=O)NC1CCCN(c2ncccn2)C1. The number of hydrogen-bond acceptors (Lipinski definition) is 4. The fraction of sp³-hybridized carbons (Fsp3) is 0.417. The van der Waals surface area contributed by atoms with Crippen molar-refractivity contribution in [3.63, 3.8) is 0 Å². The van der Waals surface area contributed by atoms with E-state index < -0.39 is 0 Å². The Hall–Kier alpha value is -1.91. The van der Waals surface area contributed by atoms with Gasteiger partial charge in [0.05, 0.1) is 0 Å². The molecule has 1 N–H and O–H groups in total. The maximum absolute atomic E-state index is 11.2. The van der Waals surface area contributed by atoms with E-state index in [0.717, 1.165) is 31.9 Å². The van der Waals surface area contributed by atoms with E-state index in [9.17, 15) is 4.79 Å². The molecule has 2 heterocycles. The van der Waals surface area contributed by atoms with Gasteiger partial charge in [-0.3, -0.25) is 4.79 Å². The van der Waals surface area contributed by atoms with Crippen LogP contribution in [-0.4, -0.2) is 35.0 Å². The standard InChI is InChI=1S/C12H16N4O/c1-2-11(17)15-10-5-3-8-16(9-10)12-13-6-4-7-14-12/h2,4,6-7,10H,1,3,5,8-9H2,(H,15,17). The van der Waals surface area contributed by atoms with E-state index in [0.29, 0.717) is 0 Å². The van der Waals surface area contributed by atoms with E-state index in [1.807, 2.05) is 0 Å². The molecular formula is C12H16N4O. The van der Waals surface area contributed by atoms with Crippen LogP contribution in [0.5, 0.6) is 0 Å². The van der Waals surface area contributed by atoms with Gasteiger partial charge in [-0.25, -0.2) is 9.97 Å². The first-order chi connectivity index (χ1) is 8.29. The summed E-state index contributed by atoms with van der Waals surface area (Å²) in [5.41, 5.74) is 0. The van der Waals surface area contributed by atoms with Crippen LogP contribution in [-0.2, 0) is 4.79 Å². The topological polar surface area (TPSA) is 58.1 Å². The van der Waals surface area contributed by atoms with E-state index in [2.05, 4.69) is 26.8 Å². The van der Waals surface area contributed by atoms with Crippen LogP contribution in [0.1, 0.15) is 12.8 Å². The van der Waals surface area contributed by atoms with Crippen LogP contribution >= 0.6 is 0 Å². The average Bonchev–Trinajstić information content (AvgIpc) is 2.40. The summed E-state index contributed by atoms with van der Waals surface area (Å²) in [4.78, 5) is 21.8. The third-order valence-corrected chi connectivity index (χ3v) is 2.79. The van der Waals surface area contributed by atoms with Crippen molar-refractivity contribution >= 4 is 11.9 Å². The van der Waals surface area contributed by atoms with Crippen molar-refractivity contribution in [2.75, 3.05) is 18.0 Å². The Kier molecular flexibility index (Phi) is 3.69. The van der Waals surface area contributed by atoms with Crippen molar-refractivity contribution in [2.24, 2.45) is 0 Å². The van der Waals surface area contributed by atoms with Crippen LogP contribution in [0.15, 0.2) is 31.1 Å². The predicted octanol–water partition coefficient (Wildman–Crippen LogP) is 0.748. The molecule has 0 spiro atoms. The van der Waals surface area contributed by atoms with Crippen LogP contribution in [0.25, 0.3) is 0 Å². The Morgan fingerprint density at radius 1 is 1.53 bits per heavy atom. The van der Waals surface area contributed by atoms with E-state index >= 15 is 0 Å². The van der Waals surface area contributed by atoms with Crippen LogP contribution < -0.4 is 10.2 Å². The lowest BCUT2D eigenvalue weighted by Gasteiger charge is -2.32. The summed E-state index contributed by atoms with van der Waals surface area (Å²) in [5.74, 6) is 0.607. The first-order valence-corrected chi connectivity index (χ1v) is 5.74. The van der Waals surface area contributed by atoms with Crippen molar-refractivity contribution in [1.29, 1.82) is 0 Å². The molecule has 0 bridgehead atoms. The molecule has 1 aliphatic rings. The van der Waals surface area contributed by atoms with Gasteiger partial charge < -0.3 is 10.2 Å². The molecule has 5 nitrogen and oxygen atoms in total. The molecule has 0 saturated carbocycles. The van der Waals surface area contributed by atoms with Gasteiger partial charge in [-0.15, -0.1) is 0 Å². The number of nitrogens with zero attached hydrogens (tertiary/aromatic N) is 3. The fourth-order valence-electron chi connectivity index (χ4n) is 1.99. The number of anilines is 1. The summed E-state index contributed by atoms with van der Waals surface area (Å²) in [7, 11) is 0. The largest absolute Gasteiger partial charge is 0.348 e. The molecule has 1 unspecified atom stereocenters. The maximum Gasteiger partial charge on any atom is 0.243 e. The average molecular weight is 232 g/mol. The zero-order chi connectivity index (χ0) is 12.1.